The Bertz CT molecular complexity index is 1110. The van der Waals surface area contributed by atoms with Gasteiger partial charge in [0.1, 0.15) is 0 Å². The number of H-pyrrole nitrogens is 1. The average Bonchev–Trinajstić information content (AvgIpc) is 3.25. The zero-order chi connectivity index (χ0) is 20.5. The first-order valence-electron chi connectivity index (χ1n) is 9.73. The molecule has 1 amide bonds. The number of hydrogen-bond acceptors (Lipinski definition) is 3. The molecule has 4 rings (SSSR count). The first kappa shape index (κ1) is 19.0. The van der Waals surface area contributed by atoms with Crippen molar-refractivity contribution in [3.63, 3.8) is 0 Å². The van der Waals surface area contributed by atoms with Crippen molar-refractivity contribution in [3.05, 3.63) is 82.8 Å². The van der Waals surface area contributed by atoms with Gasteiger partial charge in [-0.2, -0.15) is 0 Å². The molecule has 1 aliphatic rings. The molecule has 1 atom stereocenters. The lowest BCUT2D eigenvalue weighted by molar-refractivity contribution is -0.129. The van der Waals surface area contributed by atoms with Crippen molar-refractivity contribution in [3.8, 4) is 0 Å². The Hall–Kier alpha value is -3.34. The molecular formula is C24H24N2O3. The molecule has 0 saturated carbocycles. The van der Waals surface area contributed by atoms with E-state index >= 15 is 0 Å². The summed E-state index contributed by atoms with van der Waals surface area (Å²) in [5.74, 6) is -0.222. The maximum atomic E-state index is 13.1. The van der Waals surface area contributed by atoms with E-state index in [2.05, 4.69) is 11.1 Å². The fourth-order valence-electron chi connectivity index (χ4n) is 4.10. The van der Waals surface area contributed by atoms with Crippen LogP contribution in [0.4, 0.5) is 0 Å². The molecule has 0 spiro atoms. The van der Waals surface area contributed by atoms with Gasteiger partial charge in [0.25, 0.3) is 5.91 Å². The Morgan fingerprint density at radius 1 is 1.14 bits per heavy atom. The van der Waals surface area contributed by atoms with Crippen LogP contribution in [-0.2, 0) is 20.7 Å². The van der Waals surface area contributed by atoms with Crippen molar-refractivity contribution in [1.82, 2.24) is 9.88 Å². The Kier molecular flexibility index (Phi) is 4.97. The lowest BCUT2D eigenvalue weighted by Crippen LogP contribution is -2.33. The van der Waals surface area contributed by atoms with Gasteiger partial charge in [0.15, 0.2) is 11.5 Å². The van der Waals surface area contributed by atoms with E-state index < -0.39 is 6.04 Å². The van der Waals surface area contributed by atoms with Crippen LogP contribution in [0.3, 0.4) is 0 Å². The van der Waals surface area contributed by atoms with Gasteiger partial charge in [-0.05, 0) is 37.5 Å². The van der Waals surface area contributed by atoms with E-state index in [1.165, 1.54) is 14.0 Å². The van der Waals surface area contributed by atoms with E-state index in [9.17, 15) is 9.59 Å². The van der Waals surface area contributed by atoms with Crippen molar-refractivity contribution >= 4 is 22.6 Å². The van der Waals surface area contributed by atoms with E-state index in [1.54, 1.807) is 4.90 Å². The molecule has 3 aromatic rings. The van der Waals surface area contributed by atoms with Gasteiger partial charge in [0.05, 0.1) is 18.7 Å². The molecule has 1 N–H and O–H groups in total. The smallest absolute Gasteiger partial charge is 0.290 e. The van der Waals surface area contributed by atoms with Crippen LogP contribution < -0.4 is 0 Å². The number of aromatic nitrogens is 1. The standard InChI is InChI=1S/C24H24N2O3/c1-15-8-10-17(11-9-15)22-21(16(2)27)23(29-3)24(28)26(22)13-12-18-14-25-20-7-5-4-6-19(18)20/h4-11,14,22,25H,12-13H2,1-3H3. The third kappa shape index (κ3) is 3.33. The third-order valence-electron chi connectivity index (χ3n) is 5.56. The minimum absolute atomic E-state index is 0.143. The van der Waals surface area contributed by atoms with Crippen LogP contribution >= 0.6 is 0 Å². The molecule has 2 aromatic carbocycles. The van der Waals surface area contributed by atoms with Crippen LogP contribution in [0.1, 0.15) is 29.7 Å². The summed E-state index contributed by atoms with van der Waals surface area (Å²) in [6, 6.07) is 15.6. The highest BCUT2D eigenvalue weighted by Crippen LogP contribution is 2.39. The molecule has 5 nitrogen and oxygen atoms in total. The highest BCUT2D eigenvalue weighted by Gasteiger charge is 2.42. The first-order valence-corrected chi connectivity index (χ1v) is 9.73. The van der Waals surface area contributed by atoms with E-state index in [-0.39, 0.29) is 17.4 Å². The average molecular weight is 388 g/mol. The lowest BCUT2D eigenvalue weighted by Gasteiger charge is -2.26. The number of ketones is 1. The van der Waals surface area contributed by atoms with Gasteiger partial charge in [-0.25, -0.2) is 0 Å². The topological polar surface area (TPSA) is 62.4 Å². The van der Waals surface area contributed by atoms with Crippen molar-refractivity contribution in [2.75, 3.05) is 13.7 Å². The summed E-state index contributed by atoms with van der Waals surface area (Å²) >= 11 is 0. The summed E-state index contributed by atoms with van der Waals surface area (Å²) in [6.45, 7) is 4.00. The van der Waals surface area contributed by atoms with Crippen molar-refractivity contribution in [2.45, 2.75) is 26.3 Å². The number of carbonyl (C=O) groups excluding carboxylic acids is 2. The zero-order valence-electron chi connectivity index (χ0n) is 16.9. The summed E-state index contributed by atoms with van der Waals surface area (Å²) in [6.07, 6.45) is 2.67. The Morgan fingerprint density at radius 3 is 2.55 bits per heavy atom. The number of fused-ring (bicyclic) bond motifs is 1. The van der Waals surface area contributed by atoms with E-state index in [1.807, 2.05) is 55.6 Å². The second-order valence-electron chi connectivity index (χ2n) is 7.42. The molecule has 0 saturated heterocycles. The summed E-state index contributed by atoms with van der Waals surface area (Å²) in [4.78, 5) is 30.6. The van der Waals surface area contributed by atoms with Crippen LogP contribution in [-0.4, -0.2) is 35.2 Å². The molecular weight excluding hydrogens is 364 g/mol. The molecule has 0 aliphatic carbocycles. The third-order valence-corrected chi connectivity index (χ3v) is 5.56. The fraction of sp³-hybridized carbons (Fsp3) is 0.250. The number of amides is 1. The number of nitrogens with zero attached hydrogens (tertiary/aromatic N) is 1. The monoisotopic (exact) mass is 388 g/mol. The summed E-state index contributed by atoms with van der Waals surface area (Å²) < 4.78 is 5.37. The molecule has 0 fully saturated rings. The van der Waals surface area contributed by atoms with Gasteiger partial charge in [-0.3, -0.25) is 9.59 Å². The van der Waals surface area contributed by atoms with Gasteiger partial charge >= 0.3 is 0 Å². The summed E-state index contributed by atoms with van der Waals surface area (Å²) in [7, 11) is 1.45. The number of nitrogens with one attached hydrogen (secondary N) is 1. The Morgan fingerprint density at radius 2 is 1.86 bits per heavy atom. The normalized spacial score (nSPS) is 16.7. The molecule has 29 heavy (non-hydrogen) atoms. The lowest BCUT2D eigenvalue weighted by atomic mass is 9.96. The number of ether oxygens (including phenoxy) is 1. The van der Waals surface area contributed by atoms with E-state index in [4.69, 9.17) is 4.74 Å². The summed E-state index contributed by atoms with van der Waals surface area (Å²) in [5, 5.41) is 1.15. The van der Waals surface area contributed by atoms with E-state index in [0.717, 1.165) is 27.6 Å². The van der Waals surface area contributed by atoms with Gasteiger partial charge < -0.3 is 14.6 Å². The molecule has 148 valence electrons. The fourth-order valence-corrected chi connectivity index (χ4v) is 4.10. The second kappa shape index (κ2) is 7.59. The number of benzene rings is 2. The predicted octanol–water partition coefficient (Wildman–Crippen LogP) is 4.09. The number of Topliss-reactive ketones (excluding diaryl/α,β-unsaturated/α-hetero) is 1. The number of hydrogen-bond donors (Lipinski definition) is 1. The first-order chi connectivity index (χ1) is 14.0. The Balaban J connectivity index is 1.69. The molecule has 1 aliphatic heterocycles. The summed E-state index contributed by atoms with van der Waals surface area (Å²) in [5.41, 5.74) is 4.70. The van der Waals surface area contributed by atoms with Gasteiger partial charge in [0.2, 0.25) is 0 Å². The highest BCUT2D eigenvalue weighted by molar-refractivity contribution is 6.08. The number of carbonyl (C=O) groups is 2. The van der Waals surface area contributed by atoms with Gasteiger partial charge in [-0.15, -0.1) is 0 Å². The molecule has 0 radical (unpaired) electrons. The number of aryl methyl sites for hydroxylation is 1. The molecule has 5 heteroatoms. The van der Waals surface area contributed by atoms with Crippen molar-refractivity contribution in [1.29, 1.82) is 0 Å². The minimum atomic E-state index is -0.430. The van der Waals surface area contributed by atoms with Crippen LogP contribution in [0.2, 0.25) is 0 Å². The van der Waals surface area contributed by atoms with Crippen molar-refractivity contribution < 1.29 is 14.3 Å². The number of para-hydroxylation sites is 1. The zero-order valence-corrected chi connectivity index (χ0v) is 16.9. The quantitative estimate of drug-likeness (QED) is 0.692. The Labute approximate surface area is 170 Å². The highest BCUT2D eigenvalue weighted by atomic mass is 16.5. The van der Waals surface area contributed by atoms with Crippen LogP contribution in [0.15, 0.2) is 66.1 Å². The molecule has 2 heterocycles. The predicted molar refractivity (Wildman–Crippen MR) is 112 cm³/mol. The number of aromatic amines is 1. The van der Waals surface area contributed by atoms with Gasteiger partial charge in [0, 0.05) is 23.6 Å². The number of methoxy groups -OCH3 is 1. The maximum absolute atomic E-state index is 13.1. The SMILES string of the molecule is COC1=C(C(C)=O)C(c2ccc(C)cc2)N(CCc2c[nH]c3ccccc23)C1=O. The molecule has 1 unspecified atom stereocenters. The molecule has 1 aromatic heterocycles. The van der Waals surface area contributed by atoms with Crippen LogP contribution in [0.5, 0.6) is 0 Å². The van der Waals surface area contributed by atoms with Crippen molar-refractivity contribution in [2.24, 2.45) is 0 Å². The minimum Gasteiger partial charge on any atom is -0.491 e. The number of rotatable bonds is 6. The van der Waals surface area contributed by atoms with Gasteiger partial charge in [-0.1, -0.05) is 48.0 Å². The second-order valence-corrected chi connectivity index (χ2v) is 7.42. The maximum Gasteiger partial charge on any atom is 0.290 e. The van der Waals surface area contributed by atoms with Crippen LogP contribution in [0.25, 0.3) is 10.9 Å². The molecule has 0 bridgehead atoms. The van der Waals surface area contributed by atoms with E-state index in [0.29, 0.717) is 18.5 Å². The largest absolute Gasteiger partial charge is 0.491 e. The van der Waals surface area contributed by atoms with Crippen LogP contribution in [0, 0.1) is 6.92 Å².